The van der Waals surface area contributed by atoms with Gasteiger partial charge in [0, 0.05) is 11.9 Å². The number of aromatic nitrogens is 1. The van der Waals surface area contributed by atoms with E-state index in [9.17, 15) is 0 Å². The van der Waals surface area contributed by atoms with Crippen LogP contribution in [0.1, 0.15) is 89.7 Å². The second-order valence-electron chi connectivity index (χ2n) is 5.96. The van der Waals surface area contributed by atoms with Crippen LogP contribution in [0.4, 0.5) is 0 Å². The zero-order valence-corrected chi connectivity index (χ0v) is 15.6. The van der Waals surface area contributed by atoms with Crippen LogP contribution in [-0.2, 0) is 6.42 Å². The summed E-state index contributed by atoms with van der Waals surface area (Å²) in [6.45, 7) is 2.29. The lowest BCUT2D eigenvalue weighted by molar-refractivity contribution is 0.543. The summed E-state index contributed by atoms with van der Waals surface area (Å²) >= 11 is 0. The molecular weight excluding hydrogens is 322 g/mol. The van der Waals surface area contributed by atoms with Crippen molar-refractivity contribution in [1.82, 2.24) is 4.98 Å². The topological polar surface area (TPSA) is 12.9 Å². The highest BCUT2D eigenvalue weighted by Gasteiger charge is 1.95. The summed E-state index contributed by atoms with van der Waals surface area (Å²) in [6, 6.07) is 6.22. The van der Waals surface area contributed by atoms with Crippen LogP contribution >= 0.6 is 17.0 Å². The van der Waals surface area contributed by atoms with Crippen molar-refractivity contribution in [3.63, 3.8) is 0 Å². The van der Waals surface area contributed by atoms with E-state index in [2.05, 4.69) is 24.0 Å². The van der Waals surface area contributed by atoms with Crippen molar-refractivity contribution in [3.8, 4) is 0 Å². The summed E-state index contributed by atoms with van der Waals surface area (Å²) in [7, 11) is 0. The van der Waals surface area contributed by atoms with E-state index in [4.69, 9.17) is 0 Å². The summed E-state index contributed by atoms with van der Waals surface area (Å²) in [5.74, 6) is 0. The van der Waals surface area contributed by atoms with Crippen molar-refractivity contribution in [2.24, 2.45) is 0 Å². The summed E-state index contributed by atoms with van der Waals surface area (Å²) in [5, 5.41) is 0. The van der Waals surface area contributed by atoms with E-state index < -0.39 is 0 Å². The van der Waals surface area contributed by atoms with Gasteiger partial charge in [-0.25, -0.2) is 0 Å². The number of hydrogen-bond donors (Lipinski definition) is 0. The zero-order chi connectivity index (χ0) is 14.3. The van der Waals surface area contributed by atoms with Gasteiger partial charge in [0.25, 0.3) is 0 Å². The van der Waals surface area contributed by atoms with Gasteiger partial charge in [0.1, 0.15) is 0 Å². The fourth-order valence-electron chi connectivity index (χ4n) is 2.69. The molecule has 2 heteroatoms. The molecule has 0 saturated carbocycles. The molecule has 0 unspecified atom stereocenters. The first kappa shape index (κ1) is 20.6. The van der Waals surface area contributed by atoms with Crippen molar-refractivity contribution >= 4 is 17.0 Å². The van der Waals surface area contributed by atoms with Gasteiger partial charge < -0.3 is 0 Å². The molecule has 0 N–H and O–H groups in total. The van der Waals surface area contributed by atoms with Crippen LogP contribution in [0.25, 0.3) is 0 Å². The number of aryl methyl sites for hydroxylation is 1. The lowest BCUT2D eigenvalue weighted by Crippen LogP contribution is -1.89. The third kappa shape index (κ3) is 13.0. The Kier molecular flexibility index (Phi) is 15.7. The summed E-state index contributed by atoms with van der Waals surface area (Å²) in [6.07, 6.45) is 20.0. The second kappa shape index (κ2) is 16.0. The highest BCUT2D eigenvalue weighted by Crippen LogP contribution is 2.12. The van der Waals surface area contributed by atoms with E-state index in [1.165, 1.54) is 82.7 Å². The Morgan fingerprint density at radius 3 is 1.71 bits per heavy atom. The quantitative estimate of drug-likeness (QED) is 0.350. The predicted molar refractivity (Wildman–Crippen MR) is 99.3 cm³/mol. The minimum absolute atomic E-state index is 0. The maximum Gasteiger partial charge on any atom is 0.0403 e. The van der Waals surface area contributed by atoms with Crippen molar-refractivity contribution in [2.75, 3.05) is 0 Å². The van der Waals surface area contributed by atoms with E-state index in [0.717, 1.165) is 6.42 Å². The normalized spacial score (nSPS) is 10.3. The highest BCUT2D eigenvalue weighted by molar-refractivity contribution is 8.93. The van der Waals surface area contributed by atoms with Crippen LogP contribution in [0.15, 0.2) is 24.4 Å². The van der Waals surface area contributed by atoms with Crippen LogP contribution in [0.5, 0.6) is 0 Å². The molecule has 1 aromatic rings. The smallest absolute Gasteiger partial charge is 0.0403 e. The van der Waals surface area contributed by atoms with E-state index in [1.54, 1.807) is 0 Å². The molecule has 0 radical (unpaired) electrons. The molecule has 1 nitrogen and oxygen atoms in total. The van der Waals surface area contributed by atoms with Gasteiger partial charge in [-0.15, -0.1) is 17.0 Å². The van der Waals surface area contributed by atoms with E-state index >= 15 is 0 Å². The number of nitrogens with zero attached hydrogens (tertiary/aromatic N) is 1. The Morgan fingerprint density at radius 1 is 0.714 bits per heavy atom. The first-order valence-corrected chi connectivity index (χ1v) is 8.83. The Hall–Kier alpha value is -0.370. The molecule has 0 amide bonds. The van der Waals surface area contributed by atoms with Gasteiger partial charge in [0.05, 0.1) is 0 Å². The third-order valence-corrected chi connectivity index (χ3v) is 4.01. The molecule has 0 bridgehead atoms. The molecule has 21 heavy (non-hydrogen) atoms. The summed E-state index contributed by atoms with van der Waals surface area (Å²) < 4.78 is 0. The van der Waals surface area contributed by atoms with Crippen molar-refractivity contribution in [1.29, 1.82) is 0 Å². The minimum Gasteiger partial charge on any atom is -0.261 e. The van der Waals surface area contributed by atoms with Crippen molar-refractivity contribution in [3.05, 3.63) is 30.1 Å². The number of pyridine rings is 1. The van der Waals surface area contributed by atoms with Gasteiger partial charge in [-0.05, 0) is 25.0 Å². The molecule has 0 atom stereocenters. The van der Waals surface area contributed by atoms with Crippen LogP contribution < -0.4 is 0 Å². The molecule has 0 aromatic carbocycles. The Morgan fingerprint density at radius 2 is 1.24 bits per heavy atom. The number of hydrogen-bond acceptors (Lipinski definition) is 1. The van der Waals surface area contributed by atoms with Crippen LogP contribution in [0, 0.1) is 0 Å². The van der Waals surface area contributed by atoms with Gasteiger partial charge in [-0.1, -0.05) is 83.6 Å². The first-order valence-electron chi connectivity index (χ1n) is 8.83. The predicted octanol–water partition coefficient (Wildman–Crippen LogP) is 6.90. The zero-order valence-electron chi connectivity index (χ0n) is 13.9. The lowest BCUT2D eigenvalue weighted by Gasteiger charge is -2.03. The molecule has 0 fully saturated rings. The molecule has 122 valence electrons. The fraction of sp³-hybridized carbons (Fsp3) is 0.737. The molecule has 1 rings (SSSR count). The minimum atomic E-state index is 0. The number of unbranched alkanes of at least 4 members (excludes halogenated alkanes) is 11. The molecule has 0 aliphatic heterocycles. The molecule has 0 aliphatic carbocycles. The third-order valence-electron chi connectivity index (χ3n) is 4.01. The highest BCUT2D eigenvalue weighted by atomic mass is 79.9. The average Bonchev–Trinajstić information content (AvgIpc) is 2.49. The van der Waals surface area contributed by atoms with Crippen LogP contribution in [-0.4, -0.2) is 4.98 Å². The van der Waals surface area contributed by atoms with Crippen molar-refractivity contribution < 1.29 is 0 Å². The molecule has 0 spiro atoms. The first-order chi connectivity index (χ1) is 9.93. The summed E-state index contributed by atoms with van der Waals surface area (Å²) in [5.41, 5.74) is 1.25. The Balaban J connectivity index is 0.00000400. The summed E-state index contributed by atoms with van der Waals surface area (Å²) in [4.78, 5) is 4.37. The van der Waals surface area contributed by atoms with E-state index in [0.29, 0.717) is 0 Å². The Labute approximate surface area is 142 Å². The van der Waals surface area contributed by atoms with Gasteiger partial charge in [0.2, 0.25) is 0 Å². The van der Waals surface area contributed by atoms with Gasteiger partial charge in [-0.2, -0.15) is 0 Å². The van der Waals surface area contributed by atoms with E-state index in [-0.39, 0.29) is 17.0 Å². The van der Waals surface area contributed by atoms with Crippen LogP contribution in [0.2, 0.25) is 0 Å². The van der Waals surface area contributed by atoms with Crippen LogP contribution in [0.3, 0.4) is 0 Å². The monoisotopic (exact) mass is 355 g/mol. The lowest BCUT2D eigenvalue weighted by atomic mass is 10.0. The largest absolute Gasteiger partial charge is 0.261 e. The molecule has 1 heterocycles. The fourth-order valence-corrected chi connectivity index (χ4v) is 2.69. The molecule has 0 aliphatic rings. The average molecular weight is 356 g/mol. The van der Waals surface area contributed by atoms with Gasteiger partial charge in [0.15, 0.2) is 0 Å². The maximum atomic E-state index is 4.37. The second-order valence-corrected chi connectivity index (χ2v) is 5.96. The van der Waals surface area contributed by atoms with E-state index in [1.807, 2.05) is 12.3 Å². The van der Waals surface area contributed by atoms with Crippen molar-refractivity contribution in [2.45, 2.75) is 90.4 Å². The molecule has 0 saturated heterocycles. The van der Waals surface area contributed by atoms with Gasteiger partial charge >= 0.3 is 0 Å². The number of rotatable bonds is 13. The Bertz CT molecular complexity index is 300. The SMILES string of the molecule is Br.CCCCCCCCCCCCCCc1ccccn1. The van der Waals surface area contributed by atoms with Gasteiger partial charge in [-0.3, -0.25) is 4.98 Å². The maximum absolute atomic E-state index is 4.37. The number of halogens is 1. The molecule has 1 aromatic heterocycles. The molecular formula is C19H34BrN. The standard InChI is InChI=1S/C19H33N.BrH/c1-2-3-4-5-6-7-8-9-10-11-12-13-16-19-17-14-15-18-20-19;/h14-15,17-18H,2-13,16H2,1H3;1H.